The first-order valence-corrected chi connectivity index (χ1v) is 16.9. The third-order valence-corrected chi connectivity index (χ3v) is 9.30. The van der Waals surface area contributed by atoms with Crippen LogP contribution in [-0.2, 0) is 0 Å². The van der Waals surface area contributed by atoms with Crippen LogP contribution in [0.25, 0.3) is 89.1 Å². The Labute approximate surface area is 291 Å². The fraction of sp³-hybridized carbons (Fsp3) is 0. The van der Waals surface area contributed by atoms with Crippen LogP contribution >= 0.6 is 0 Å². The van der Waals surface area contributed by atoms with Crippen LogP contribution in [-0.4, -0.2) is 15.0 Å². The minimum absolute atomic E-state index is 0.631. The number of nitrogens with zero attached hydrogens (tertiary/aromatic N) is 3. The van der Waals surface area contributed by atoms with Gasteiger partial charge < -0.3 is 0 Å². The molecule has 0 aliphatic heterocycles. The molecular weight excluding hydrogens is 607 g/mol. The number of hydrogen-bond acceptors (Lipinski definition) is 3. The highest BCUT2D eigenvalue weighted by atomic mass is 15.0. The van der Waals surface area contributed by atoms with E-state index in [0.29, 0.717) is 17.5 Å². The summed E-state index contributed by atoms with van der Waals surface area (Å²) >= 11 is 0. The molecule has 1 aromatic heterocycles. The lowest BCUT2D eigenvalue weighted by Crippen LogP contribution is -2.01. The zero-order chi connectivity index (χ0) is 33.3. The predicted octanol–water partition coefficient (Wildman–Crippen LogP) is 12.2. The van der Waals surface area contributed by atoms with E-state index in [4.69, 9.17) is 15.0 Å². The van der Waals surface area contributed by atoms with E-state index in [1.807, 2.05) is 30.3 Å². The second-order valence-electron chi connectivity index (χ2n) is 12.5. The van der Waals surface area contributed by atoms with Crippen molar-refractivity contribution in [3.05, 3.63) is 188 Å². The van der Waals surface area contributed by atoms with Crippen molar-refractivity contribution in [2.75, 3.05) is 0 Å². The van der Waals surface area contributed by atoms with Crippen LogP contribution in [0.15, 0.2) is 188 Å². The molecule has 0 atom stereocenters. The molecule has 9 aromatic rings. The second-order valence-corrected chi connectivity index (χ2v) is 12.5. The van der Waals surface area contributed by atoms with Crippen molar-refractivity contribution in [2.45, 2.75) is 0 Å². The van der Waals surface area contributed by atoms with Crippen molar-refractivity contribution >= 4 is 21.5 Å². The van der Waals surface area contributed by atoms with Crippen LogP contribution in [0.2, 0.25) is 0 Å². The third kappa shape index (κ3) is 5.61. The normalized spacial score (nSPS) is 11.2. The molecule has 0 spiro atoms. The van der Waals surface area contributed by atoms with Crippen molar-refractivity contribution in [1.82, 2.24) is 15.0 Å². The van der Waals surface area contributed by atoms with Crippen LogP contribution in [0.5, 0.6) is 0 Å². The zero-order valence-electron chi connectivity index (χ0n) is 27.2. The summed E-state index contributed by atoms with van der Waals surface area (Å²) in [4.78, 5) is 15.5. The van der Waals surface area contributed by atoms with Gasteiger partial charge in [0.25, 0.3) is 0 Å². The van der Waals surface area contributed by atoms with Crippen LogP contribution in [0.4, 0.5) is 0 Å². The maximum atomic E-state index is 5.24. The predicted molar refractivity (Wildman–Crippen MR) is 207 cm³/mol. The monoisotopic (exact) mass is 637 g/mol. The van der Waals surface area contributed by atoms with E-state index in [0.717, 1.165) is 49.7 Å². The van der Waals surface area contributed by atoms with Gasteiger partial charge in [-0.15, -0.1) is 0 Å². The molecule has 0 bridgehead atoms. The lowest BCUT2D eigenvalue weighted by molar-refractivity contribution is 1.08. The summed E-state index contributed by atoms with van der Waals surface area (Å²) in [5.74, 6) is 1.91. The molecule has 0 aliphatic carbocycles. The van der Waals surface area contributed by atoms with Gasteiger partial charge in [0.2, 0.25) is 0 Å². The van der Waals surface area contributed by atoms with Crippen molar-refractivity contribution in [2.24, 2.45) is 0 Å². The minimum Gasteiger partial charge on any atom is -0.208 e. The van der Waals surface area contributed by atoms with E-state index < -0.39 is 0 Å². The quantitative estimate of drug-likeness (QED) is 0.182. The van der Waals surface area contributed by atoms with Crippen LogP contribution in [0, 0.1) is 0 Å². The molecule has 0 amide bonds. The number of rotatable bonds is 6. The van der Waals surface area contributed by atoms with Crippen LogP contribution in [0.3, 0.4) is 0 Å². The summed E-state index contributed by atoms with van der Waals surface area (Å²) in [6.45, 7) is 0. The molecule has 0 N–H and O–H groups in total. The standard InChI is InChI=1S/C47H31N3/c1-4-14-32(15-5-1)38-29-39(33-16-6-2-7-17-33)31-40(30-38)46-48-45(35-19-8-3-9-20-35)49-47(50-46)44-27-26-41(42-22-12-13-23-43(42)44)37-25-24-34-18-10-11-21-36(34)28-37/h1-31H. The second kappa shape index (κ2) is 12.7. The van der Waals surface area contributed by atoms with Crippen molar-refractivity contribution in [3.63, 3.8) is 0 Å². The van der Waals surface area contributed by atoms with E-state index >= 15 is 0 Å². The van der Waals surface area contributed by atoms with Gasteiger partial charge in [-0.05, 0) is 85.3 Å². The zero-order valence-corrected chi connectivity index (χ0v) is 27.2. The fourth-order valence-corrected chi connectivity index (χ4v) is 6.80. The molecule has 0 unspecified atom stereocenters. The highest BCUT2D eigenvalue weighted by molar-refractivity contribution is 6.05. The summed E-state index contributed by atoms with van der Waals surface area (Å²) in [5, 5.41) is 4.70. The van der Waals surface area contributed by atoms with Gasteiger partial charge >= 0.3 is 0 Å². The van der Waals surface area contributed by atoms with Gasteiger partial charge in [-0.3, -0.25) is 0 Å². The Balaban J connectivity index is 1.26. The summed E-state index contributed by atoms with van der Waals surface area (Å²) in [7, 11) is 0. The molecule has 234 valence electrons. The van der Waals surface area contributed by atoms with Gasteiger partial charge in [0.05, 0.1) is 0 Å². The topological polar surface area (TPSA) is 38.7 Å². The van der Waals surface area contributed by atoms with Gasteiger partial charge in [-0.1, -0.05) is 158 Å². The van der Waals surface area contributed by atoms with Crippen LogP contribution < -0.4 is 0 Å². The van der Waals surface area contributed by atoms with Crippen molar-refractivity contribution < 1.29 is 0 Å². The Kier molecular flexibility index (Phi) is 7.49. The first-order chi connectivity index (χ1) is 24.8. The highest BCUT2D eigenvalue weighted by Gasteiger charge is 2.17. The number of hydrogen-bond donors (Lipinski definition) is 0. The van der Waals surface area contributed by atoms with Crippen molar-refractivity contribution in [1.29, 1.82) is 0 Å². The van der Waals surface area contributed by atoms with E-state index in [1.165, 1.54) is 21.9 Å². The lowest BCUT2D eigenvalue weighted by atomic mass is 9.93. The number of aromatic nitrogens is 3. The molecule has 0 saturated heterocycles. The Morgan fingerprint density at radius 3 is 1.34 bits per heavy atom. The summed E-state index contributed by atoms with van der Waals surface area (Å²) < 4.78 is 0. The molecule has 0 aliphatic rings. The van der Waals surface area contributed by atoms with Crippen molar-refractivity contribution in [3.8, 4) is 67.5 Å². The minimum atomic E-state index is 0.631. The fourth-order valence-electron chi connectivity index (χ4n) is 6.80. The third-order valence-electron chi connectivity index (χ3n) is 9.30. The van der Waals surface area contributed by atoms with E-state index in [9.17, 15) is 0 Å². The summed E-state index contributed by atoms with van der Waals surface area (Å²) in [6, 6.07) is 65.9. The van der Waals surface area contributed by atoms with Gasteiger partial charge in [0, 0.05) is 16.7 Å². The van der Waals surface area contributed by atoms with Crippen LogP contribution in [0.1, 0.15) is 0 Å². The average molecular weight is 638 g/mol. The number of benzene rings is 8. The van der Waals surface area contributed by atoms with Gasteiger partial charge in [0.1, 0.15) is 0 Å². The SMILES string of the molecule is c1ccc(-c2cc(-c3ccccc3)cc(-c3nc(-c4ccccc4)nc(-c4ccc(-c5ccc6ccccc6c5)c5ccccc45)n3)c2)cc1. The molecule has 50 heavy (non-hydrogen) atoms. The van der Waals surface area contributed by atoms with E-state index in [2.05, 4.69) is 158 Å². The molecule has 8 aromatic carbocycles. The average Bonchev–Trinajstić information content (AvgIpc) is 3.21. The van der Waals surface area contributed by atoms with E-state index in [1.54, 1.807) is 0 Å². The Bertz CT molecular complexity index is 2570. The lowest BCUT2D eigenvalue weighted by Gasteiger charge is -2.14. The Morgan fingerprint density at radius 2 is 0.700 bits per heavy atom. The van der Waals surface area contributed by atoms with E-state index in [-0.39, 0.29) is 0 Å². The highest BCUT2D eigenvalue weighted by Crippen LogP contribution is 2.38. The smallest absolute Gasteiger partial charge is 0.164 e. The molecule has 1 heterocycles. The Morgan fingerprint density at radius 1 is 0.240 bits per heavy atom. The molecule has 3 nitrogen and oxygen atoms in total. The van der Waals surface area contributed by atoms with Gasteiger partial charge in [-0.25, -0.2) is 15.0 Å². The molecule has 0 saturated carbocycles. The largest absolute Gasteiger partial charge is 0.208 e. The molecule has 9 rings (SSSR count). The maximum Gasteiger partial charge on any atom is 0.164 e. The number of fused-ring (bicyclic) bond motifs is 2. The first-order valence-electron chi connectivity index (χ1n) is 16.9. The summed E-state index contributed by atoms with van der Waals surface area (Å²) in [5.41, 5.74) is 9.69. The van der Waals surface area contributed by atoms with Gasteiger partial charge in [0.15, 0.2) is 17.5 Å². The molecule has 3 heteroatoms. The van der Waals surface area contributed by atoms with Gasteiger partial charge in [-0.2, -0.15) is 0 Å². The molecular formula is C47H31N3. The first kappa shape index (κ1) is 29.4. The summed E-state index contributed by atoms with van der Waals surface area (Å²) in [6.07, 6.45) is 0. The maximum absolute atomic E-state index is 5.24. The molecule has 0 radical (unpaired) electrons. The Hall–Kier alpha value is -6.71. The molecule has 0 fully saturated rings.